The van der Waals surface area contributed by atoms with Gasteiger partial charge in [-0.25, -0.2) is 4.39 Å². The molecule has 134 valence electrons. The van der Waals surface area contributed by atoms with E-state index in [0.29, 0.717) is 25.0 Å². The van der Waals surface area contributed by atoms with E-state index in [2.05, 4.69) is 4.98 Å². The number of halogens is 1. The Labute approximate surface area is 147 Å². The molecule has 5 heteroatoms. The topological polar surface area (TPSA) is 45.3 Å². The van der Waals surface area contributed by atoms with Gasteiger partial charge in [0.2, 0.25) is 5.91 Å². The van der Waals surface area contributed by atoms with E-state index in [1.54, 1.807) is 6.07 Å². The number of morpholine rings is 1. The number of aromatic nitrogens is 1. The van der Waals surface area contributed by atoms with Crippen LogP contribution in [0.3, 0.4) is 0 Å². The number of rotatable bonds is 3. The fourth-order valence-corrected chi connectivity index (χ4v) is 4.45. The summed E-state index contributed by atoms with van der Waals surface area (Å²) in [5.41, 5.74) is 1.67. The van der Waals surface area contributed by atoms with Gasteiger partial charge >= 0.3 is 0 Å². The van der Waals surface area contributed by atoms with Crippen molar-refractivity contribution >= 4 is 16.8 Å². The highest BCUT2D eigenvalue weighted by molar-refractivity contribution is 5.85. The molecule has 1 aliphatic carbocycles. The minimum Gasteiger partial charge on any atom is -0.374 e. The molecule has 1 saturated heterocycles. The molecule has 4 nitrogen and oxygen atoms in total. The van der Waals surface area contributed by atoms with Crippen LogP contribution in [-0.2, 0) is 9.53 Å². The van der Waals surface area contributed by atoms with E-state index in [9.17, 15) is 9.18 Å². The molecular weight excluding hydrogens is 319 g/mol. The van der Waals surface area contributed by atoms with Gasteiger partial charge in [0.25, 0.3) is 0 Å². The first kappa shape index (κ1) is 16.6. The molecule has 1 aromatic carbocycles. The fourth-order valence-electron chi connectivity index (χ4n) is 4.45. The van der Waals surface area contributed by atoms with Crippen molar-refractivity contribution in [3.63, 3.8) is 0 Å². The first-order valence-electron chi connectivity index (χ1n) is 9.31. The molecule has 4 rings (SSSR count). The van der Waals surface area contributed by atoms with E-state index in [1.807, 2.05) is 24.1 Å². The Hall–Kier alpha value is -1.88. The Morgan fingerprint density at radius 3 is 3.12 bits per heavy atom. The van der Waals surface area contributed by atoms with Crippen molar-refractivity contribution in [1.82, 2.24) is 9.88 Å². The Morgan fingerprint density at radius 1 is 1.40 bits per heavy atom. The lowest BCUT2D eigenvalue weighted by atomic mass is 9.89. The van der Waals surface area contributed by atoms with Gasteiger partial charge in [0, 0.05) is 30.1 Å². The van der Waals surface area contributed by atoms with Gasteiger partial charge in [-0.05, 0) is 36.5 Å². The molecule has 1 unspecified atom stereocenters. The van der Waals surface area contributed by atoms with Crippen LogP contribution in [0.4, 0.5) is 4.39 Å². The number of hydrogen-bond donors (Lipinski definition) is 1. The molecular formula is C20H25FN2O2. The van der Waals surface area contributed by atoms with E-state index >= 15 is 0 Å². The lowest BCUT2D eigenvalue weighted by molar-refractivity contribution is -0.149. The molecule has 1 saturated carbocycles. The number of ether oxygens (including phenoxy) is 1. The van der Waals surface area contributed by atoms with Crippen LogP contribution in [0.25, 0.3) is 10.9 Å². The molecule has 25 heavy (non-hydrogen) atoms. The molecule has 1 aromatic heterocycles. The van der Waals surface area contributed by atoms with Crippen molar-refractivity contribution in [1.29, 1.82) is 0 Å². The SMILES string of the molecule is CC(CC(=O)N1CCO[C@@H]2CCCC[C@@H]21)c1c[nH]c2cccc(F)c12. The minimum atomic E-state index is -0.230. The number of amides is 1. The van der Waals surface area contributed by atoms with Crippen molar-refractivity contribution in [3.05, 3.63) is 35.8 Å². The summed E-state index contributed by atoms with van der Waals surface area (Å²) in [4.78, 5) is 18.1. The normalized spacial score (nSPS) is 25.0. The van der Waals surface area contributed by atoms with Crippen molar-refractivity contribution in [2.75, 3.05) is 13.2 Å². The lowest BCUT2D eigenvalue weighted by Crippen LogP contribution is -2.55. The fraction of sp³-hybridized carbons (Fsp3) is 0.550. The molecule has 2 heterocycles. The van der Waals surface area contributed by atoms with E-state index in [4.69, 9.17) is 4.74 Å². The van der Waals surface area contributed by atoms with Crippen molar-refractivity contribution in [3.8, 4) is 0 Å². The minimum absolute atomic E-state index is 0.0250. The van der Waals surface area contributed by atoms with E-state index in [1.165, 1.54) is 12.5 Å². The summed E-state index contributed by atoms with van der Waals surface area (Å²) in [6.45, 7) is 3.31. The standard InChI is InChI=1S/C20H25FN2O2/c1-13(14-12-22-16-6-4-5-15(21)20(14)16)11-19(24)23-9-10-25-18-8-3-2-7-17(18)23/h4-6,12-13,17-18,22H,2-3,7-11H2,1H3/t13?,17-,18+/m0/s1. The maximum Gasteiger partial charge on any atom is 0.223 e. The maximum absolute atomic E-state index is 14.2. The van der Waals surface area contributed by atoms with Crippen molar-refractivity contribution in [2.24, 2.45) is 0 Å². The number of hydrogen-bond acceptors (Lipinski definition) is 2. The zero-order valence-corrected chi connectivity index (χ0v) is 14.6. The predicted molar refractivity (Wildman–Crippen MR) is 95.0 cm³/mol. The Balaban J connectivity index is 1.51. The second-order valence-electron chi connectivity index (χ2n) is 7.36. The number of nitrogens with one attached hydrogen (secondary N) is 1. The molecule has 0 bridgehead atoms. The monoisotopic (exact) mass is 344 g/mol. The number of carbonyl (C=O) groups excluding carboxylic acids is 1. The summed E-state index contributed by atoms with van der Waals surface area (Å²) in [6.07, 6.45) is 6.89. The number of H-pyrrole nitrogens is 1. The molecule has 2 aromatic rings. The summed E-state index contributed by atoms with van der Waals surface area (Å²) >= 11 is 0. The quantitative estimate of drug-likeness (QED) is 0.916. The van der Waals surface area contributed by atoms with Gasteiger partial charge in [0.05, 0.1) is 18.8 Å². The second-order valence-corrected chi connectivity index (χ2v) is 7.36. The third-order valence-electron chi connectivity index (χ3n) is 5.75. The van der Waals surface area contributed by atoms with Gasteiger partial charge in [0.1, 0.15) is 5.82 Å². The van der Waals surface area contributed by atoms with Gasteiger partial charge in [-0.1, -0.05) is 25.8 Å². The first-order valence-corrected chi connectivity index (χ1v) is 9.31. The summed E-state index contributed by atoms with van der Waals surface area (Å²) in [7, 11) is 0. The first-order chi connectivity index (χ1) is 12.1. The average Bonchev–Trinajstić information content (AvgIpc) is 3.07. The highest BCUT2D eigenvalue weighted by atomic mass is 19.1. The third kappa shape index (κ3) is 3.06. The largest absolute Gasteiger partial charge is 0.374 e. The van der Waals surface area contributed by atoms with Gasteiger partial charge in [-0.15, -0.1) is 0 Å². The highest BCUT2D eigenvalue weighted by Gasteiger charge is 2.37. The van der Waals surface area contributed by atoms with Crippen LogP contribution >= 0.6 is 0 Å². The highest BCUT2D eigenvalue weighted by Crippen LogP contribution is 2.32. The van der Waals surface area contributed by atoms with Crippen LogP contribution in [0.5, 0.6) is 0 Å². The number of aromatic amines is 1. The van der Waals surface area contributed by atoms with Crippen molar-refractivity contribution < 1.29 is 13.9 Å². The molecule has 0 radical (unpaired) electrons. The molecule has 3 atom stereocenters. The Morgan fingerprint density at radius 2 is 2.24 bits per heavy atom. The predicted octanol–water partition coefficient (Wildman–Crippen LogP) is 3.97. The molecule has 2 aliphatic rings. The number of nitrogens with zero attached hydrogens (tertiary/aromatic N) is 1. The molecule has 2 fully saturated rings. The van der Waals surface area contributed by atoms with Crippen LogP contribution in [0.2, 0.25) is 0 Å². The smallest absolute Gasteiger partial charge is 0.223 e. The Bertz CT molecular complexity index is 770. The Kier molecular flexibility index (Phi) is 4.50. The van der Waals surface area contributed by atoms with Crippen LogP contribution in [0.15, 0.2) is 24.4 Å². The van der Waals surface area contributed by atoms with Gasteiger partial charge in [-0.2, -0.15) is 0 Å². The van der Waals surface area contributed by atoms with E-state index in [-0.39, 0.29) is 29.8 Å². The van der Waals surface area contributed by atoms with Crippen LogP contribution < -0.4 is 0 Å². The zero-order valence-electron chi connectivity index (χ0n) is 14.6. The zero-order chi connectivity index (χ0) is 17.4. The van der Waals surface area contributed by atoms with Gasteiger partial charge in [-0.3, -0.25) is 4.79 Å². The summed E-state index contributed by atoms with van der Waals surface area (Å²) in [6, 6.07) is 5.26. The summed E-state index contributed by atoms with van der Waals surface area (Å²) in [5, 5.41) is 0.611. The molecule has 1 aliphatic heterocycles. The van der Waals surface area contributed by atoms with Crippen molar-refractivity contribution in [2.45, 2.75) is 57.1 Å². The third-order valence-corrected chi connectivity index (χ3v) is 5.75. The van der Waals surface area contributed by atoms with Crippen LogP contribution in [0, 0.1) is 5.82 Å². The number of fused-ring (bicyclic) bond motifs is 2. The van der Waals surface area contributed by atoms with Crippen LogP contribution in [0.1, 0.15) is 50.5 Å². The summed E-state index contributed by atoms with van der Waals surface area (Å²) in [5.74, 6) is -0.0896. The summed E-state index contributed by atoms with van der Waals surface area (Å²) < 4.78 is 20.1. The molecule has 0 spiro atoms. The second kappa shape index (κ2) is 6.79. The van der Waals surface area contributed by atoms with Gasteiger partial charge in [0.15, 0.2) is 0 Å². The maximum atomic E-state index is 14.2. The van der Waals surface area contributed by atoms with E-state index < -0.39 is 0 Å². The average molecular weight is 344 g/mol. The van der Waals surface area contributed by atoms with Gasteiger partial charge < -0.3 is 14.6 Å². The van der Waals surface area contributed by atoms with Crippen LogP contribution in [-0.4, -0.2) is 41.1 Å². The molecule has 1 amide bonds. The lowest BCUT2D eigenvalue weighted by Gasteiger charge is -2.44. The number of benzene rings is 1. The molecule has 1 N–H and O–H groups in total. The number of carbonyl (C=O) groups is 1. The van der Waals surface area contributed by atoms with E-state index in [0.717, 1.165) is 30.3 Å².